The second-order valence-corrected chi connectivity index (χ2v) is 8.77. The van der Waals surface area contributed by atoms with Gasteiger partial charge >= 0.3 is 0 Å². The molecule has 0 aromatic heterocycles. The lowest BCUT2D eigenvalue weighted by Gasteiger charge is -2.19. The third kappa shape index (κ3) is 3.46. The summed E-state index contributed by atoms with van der Waals surface area (Å²) in [6, 6.07) is 10.4. The Bertz CT molecular complexity index is 965. The second kappa shape index (κ2) is 6.76. The van der Waals surface area contributed by atoms with Crippen molar-refractivity contribution in [2.24, 2.45) is 5.92 Å². The molecule has 0 bridgehead atoms. The summed E-state index contributed by atoms with van der Waals surface area (Å²) in [5.74, 6) is 0.0242. The Hall–Kier alpha value is -2.34. The minimum Gasteiger partial charge on any atom is -0.312 e. The first-order chi connectivity index (χ1) is 12.2. The molecule has 1 heterocycles. The molecule has 1 aliphatic rings. The molecule has 6 heteroatoms. The predicted molar refractivity (Wildman–Crippen MR) is 104 cm³/mol. The fourth-order valence-corrected chi connectivity index (χ4v) is 4.24. The van der Waals surface area contributed by atoms with Gasteiger partial charge in [0.1, 0.15) is 0 Å². The van der Waals surface area contributed by atoms with Gasteiger partial charge < -0.3 is 4.90 Å². The number of carbonyl (C=O) groups excluding carboxylic acids is 1. The summed E-state index contributed by atoms with van der Waals surface area (Å²) in [5.41, 5.74) is 4.36. The molecule has 2 aromatic carbocycles. The van der Waals surface area contributed by atoms with E-state index in [1.807, 2.05) is 45.9 Å². The fraction of sp³-hybridized carbons (Fsp3) is 0.350. The highest BCUT2D eigenvalue weighted by Crippen LogP contribution is 2.32. The molecule has 0 radical (unpaired) electrons. The number of nitrogens with zero attached hydrogens (tertiary/aromatic N) is 1. The number of carbonyl (C=O) groups is 1. The van der Waals surface area contributed by atoms with Gasteiger partial charge in [0.25, 0.3) is 10.0 Å². The van der Waals surface area contributed by atoms with Crippen LogP contribution in [0.15, 0.2) is 41.3 Å². The van der Waals surface area contributed by atoms with E-state index < -0.39 is 10.0 Å². The number of anilines is 2. The van der Waals surface area contributed by atoms with E-state index >= 15 is 0 Å². The molecule has 2 aromatic rings. The van der Waals surface area contributed by atoms with E-state index in [4.69, 9.17) is 0 Å². The van der Waals surface area contributed by atoms with Crippen LogP contribution in [-0.2, 0) is 21.2 Å². The summed E-state index contributed by atoms with van der Waals surface area (Å²) in [4.78, 5) is 14.3. The third-order valence-corrected chi connectivity index (χ3v) is 6.15. The Kier molecular flexibility index (Phi) is 4.80. The number of fused-ring (bicyclic) bond motifs is 1. The predicted octanol–water partition coefficient (Wildman–Crippen LogP) is 3.65. The molecule has 0 aliphatic carbocycles. The van der Waals surface area contributed by atoms with Gasteiger partial charge in [0.15, 0.2) is 0 Å². The zero-order valence-corrected chi connectivity index (χ0v) is 16.4. The molecular weight excluding hydrogens is 348 g/mol. The average molecular weight is 372 g/mol. The first-order valence-electron chi connectivity index (χ1n) is 8.73. The van der Waals surface area contributed by atoms with Crippen LogP contribution < -0.4 is 9.62 Å². The standard InChI is InChI=1S/C20H24N2O3S/c1-13(2)20(23)22-10-9-16-12-17(6-8-19(16)22)21-26(24,25)18-7-5-14(3)15(4)11-18/h5-8,11-13,21H,9-10H2,1-4H3. The van der Waals surface area contributed by atoms with Crippen LogP contribution in [-0.4, -0.2) is 20.9 Å². The first kappa shape index (κ1) is 18.5. The number of aryl methyl sites for hydroxylation is 2. The zero-order valence-electron chi connectivity index (χ0n) is 15.5. The van der Waals surface area contributed by atoms with E-state index in [0.717, 1.165) is 28.8 Å². The van der Waals surface area contributed by atoms with Gasteiger partial charge in [-0.2, -0.15) is 0 Å². The van der Waals surface area contributed by atoms with E-state index in [0.29, 0.717) is 12.2 Å². The molecule has 0 unspecified atom stereocenters. The minimum absolute atomic E-state index is 0.0658. The largest absolute Gasteiger partial charge is 0.312 e. The quantitative estimate of drug-likeness (QED) is 0.891. The Morgan fingerprint density at radius 2 is 1.81 bits per heavy atom. The second-order valence-electron chi connectivity index (χ2n) is 7.09. The van der Waals surface area contributed by atoms with Crippen molar-refractivity contribution >= 4 is 27.3 Å². The van der Waals surface area contributed by atoms with Crippen molar-refractivity contribution in [3.05, 3.63) is 53.1 Å². The highest BCUT2D eigenvalue weighted by Gasteiger charge is 2.26. The van der Waals surface area contributed by atoms with Crippen molar-refractivity contribution in [2.45, 2.75) is 39.0 Å². The van der Waals surface area contributed by atoms with Crippen LogP contribution in [0.4, 0.5) is 11.4 Å². The van der Waals surface area contributed by atoms with Crippen LogP contribution in [0.5, 0.6) is 0 Å². The van der Waals surface area contributed by atoms with E-state index in [9.17, 15) is 13.2 Å². The van der Waals surface area contributed by atoms with Crippen molar-refractivity contribution in [3.63, 3.8) is 0 Å². The van der Waals surface area contributed by atoms with Crippen molar-refractivity contribution in [3.8, 4) is 0 Å². The SMILES string of the molecule is Cc1ccc(S(=O)(=O)Nc2ccc3c(c2)CCN3C(=O)C(C)C)cc1C. The Labute approximate surface area is 155 Å². The third-order valence-electron chi connectivity index (χ3n) is 4.78. The number of amides is 1. The summed E-state index contributed by atoms with van der Waals surface area (Å²) < 4.78 is 27.9. The van der Waals surface area contributed by atoms with Crippen LogP contribution in [0.2, 0.25) is 0 Å². The van der Waals surface area contributed by atoms with Crippen LogP contribution >= 0.6 is 0 Å². The molecule has 0 saturated carbocycles. The van der Waals surface area contributed by atoms with Crippen molar-refractivity contribution in [2.75, 3.05) is 16.2 Å². The first-order valence-corrected chi connectivity index (χ1v) is 10.2. The van der Waals surface area contributed by atoms with E-state index in [1.54, 1.807) is 23.1 Å². The number of sulfonamides is 1. The van der Waals surface area contributed by atoms with E-state index in [-0.39, 0.29) is 16.7 Å². The van der Waals surface area contributed by atoms with Crippen LogP contribution in [0.1, 0.15) is 30.5 Å². The monoisotopic (exact) mass is 372 g/mol. The Morgan fingerprint density at radius 3 is 2.46 bits per heavy atom. The Morgan fingerprint density at radius 1 is 1.08 bits per heavy atom. The lowest BCUT2D eigenvalue weighted by atomic mass is 10.1. The summed E-state index contributed by atoms with van der Waals surface area (Å²) in [6.07, 6.45) is 0.729. The number of benzene rings is 2. The molecular formula is C20H24N2O3S. The molecule has 26 heavy (non-hydrogen) atoms. The van der Waals surface area contributed by atoms with Gasteiger partial charge in [-0.15, -0.1) is 0 Å². The lowest BCUT2D eigenvalue weighted by Crippen LogP contribution is -2.32. The van der Waals surface area contributed by atoms with E-state index in [1.165, 1.54) is 0 Å². The molecule has 0 atom stereocenters. The molecule has 0 fully saturated rings. The minimum atomic E-state index is -3.64. The molecule has 1 aliphatic heterocycles. The molecule has 0 spiro atoms. The van der Waals surface area contributed by atoms with Crippen LogP contribution in [0.25, 0.3) is 0 Å². The smallest absolute Gasteiger partial charge is 0.261 e. The topological polar surface area (TPSA) is 66.5 Å². The summed E-state index contributed by atoms with van der Waals surface area (Å²) in [7, 11) is -3.64. The Balaban J connectivity index is 1.86. The average Bonchev–Trinajstić information content (AvgIpc) is 2.99. The maximum Gasteiger partial charge on any atom is 0.261 e. The molecule has 1 amide bonds. The van der Waals surface area contributed by atoms with Crippen molar-refractivity contribution in [1.82, 2.24) is 0 Å². The maximum atomic E-state index is 12.7. The number of rotatable bonds is 4. The van der Waals surface area contributed by atoms with Crippen molar-refractivity contribution in [1.29, 1.82) is 0 Å². The van der Waals surface area contributed by atoms with Crippen LogP contribution in [0, 0.1) is 19.8 Å². The van der Waals surface area contributed by atoms with E-state index in [2.05, 4.69) is 4.72 Å². The summed E-state index contributed by atoms with van der Waals surface area (Å²) >= 11 is 0. The van der Waals surface area contributed by atoms with Gasteiger partial charge in [0.05, 0.1) is 4.90 Å². The van der Waals surface area contributed by atoms with Gasteiger partial charge in [0, 0.05) is 23.8 Å². The van der Waals surface area contributed by atoms with Crippen LogP contribution in [0.3, 0.4) is 0 Å². The normalized spacial score (nSPS) is 13.8. The highest BCUT2D eigenvalue weighted by molar-refractivity contribution is 7.92. The van der Waals surface area contributed by atoms with Gasteiger partial charge in [0.2, 0.25) is 5.91 Å². The fourth-order valence-electron chi connectivity index (χ4n) is 3.10. The number of hydrogen-bond donors (Lipinski definition) is 1. The molecule has 5 nitrogen and oxygen atoms in total. The molecule has 1 N–H and O–H groups in total. The van der Waals surface area contributed by atoms with Gasteiger partial charge in [-0.1, -0.05) is 19.9 Å². The number of hydrogen-bond acceptors (Lipinski definition) is 3. The molecule has 3 rings (SSSR count). The van der Waals surface area contributed by atoms with Gasteiger partial charge in [-0.25, -0.2) is 8.42 Å². The molecule has 138 valence electrons. The molecule has 0 saturated heterocycles. The highest BCUT2D eigenvalue weighted by atomic mass is 32.2. The number of nitrogens with one attached hydrogen (secondary N) is 1. The van der Waals surface area contributed by atoms with Crippen molar-refractivity contribution < 1.29 is 13.2 Å². The lowest BCUT2D eigenvalue weighted by molar-refractivity contribution is -0.121. The van der Waals surface area contributed by atoms with Gasteiger partial charge in [-0.05, 0) is 67.3 Å². The maximum absolute atomic E-state index is 12.7. The van der Waals surface area contributed by atoms with Gasteiger partial charge in [-0.3, -0.25) is 9.52 Å². The summed E-state index contributed by atoms with van der Waals surface area (Å²) in [6.45, 7) is 8.24. The zero-order chi connectivity index (χ0) is 19.1. The summed E-state index contributed by atoms with van der Waals surface area (Å²) in [5, 5.41) is 0.